The first-order valence-corrected chi connectivity index (χ1v) is 5.20. The van der Waals surface area contributed by atoms with Crippen LogP contribution in [0.3, 0.4) is 0 Å². The maximum Gasteiger partial charge on any atom is 0.219 e. The van der Waals surface area contributed by atoms with Gasteiger partial charge in [-0.05, 0) is 24.6 Å². The molecule has 0 aliphatic carbocycles. The van der Waals surface area contributed by atoms with Crippen molar-refractivity contribution in [1.29, 1.82) is 0 Å². The second-order valence-electron chi connectivity index (χ2n) is 3.64. The molecule has 0 saturated carbocycles. The third-order valence-electron chi connectivity index (χ3n) is 2.31. The van der Waals surface area contributed by atoms with Gasteiger partial charge < -0.3 is 9.84 Å². The van der Waals surface area contributed by atoms with Crippen molar-refractivity contribution in [3.63, 3.8) is 0 Å². The first-order valence-electron chi connectivity index (χ1n) is 5.20. The van der Waals surface area contributed by atoms with E-state index in [2.05, 4.69) is 4.98 Å². The highest BCUT2D eigenvalue weighted by molar-refractivity contribution is 5.31. The smallest absolute Gasteiger partial charge is 0.219 e. The zero-order valence-electron chi connectivity index (χ0n) is 9.35. The monoisotopic (exact) mass is 233 g/mol. The molecule has 2 rings (SSSR count). The highest BCUT2D eigenvalue weighted by Gasteiger charge is 2.03. The molecular formula is C13H12FNO2. The summed E-state index contributed by atoms with van der Waals surface area (Å²) in [4.78, 5) is 4.04. The number of aromatic nitrogens is 1. The molecule has 4 heteroatoms. The Kier molecular flexibility index (Phi) is 3.35. The van der Waals surface area contributed by atoms with Crippen LogP contribution in [0, 0.1) is 12.7 Å². The lowest BCUT2D eigenvalue weighted by atomic mass is 10.2. The fourth-order valence-electron chi connectivity index (χ4n) is 1.36. The van der Waals surface area contributed by atoms with E-state index in [9.17, 15) is 4.39 Å². The summed E-state index contributed by atoms with van der Waals surface area (Å²) in [5, 5.41) is 8.93. The summed E-state index contributed by atoms with van der Waals surface area (Å²) < 4.78 is 18.7. The molecule has 88 valence electrons. The summed E-state index contributed by atoms with van der Waals surface area (Å²) in [6, 6.07) is 9.67. The van der Waals surface area contributed by atoms with Gasteiger partial charge in [0, 0.05) is 12.1 Å². The Bertz CT molecular complexity index is 529. The summed E-state index contributed by atoms with van der Waals surface area (Å²) in [6.07, 6.45) is 0. The predicted molar refractivity (Wildman–Crippen MR) is 61.4 cm³/mol. The van der Waals surface area contributed by atoms with Crippen LogP contribution in [0.25, 0.3) is 0 Å². The lowest BCUT2D eigenvalue weighted by Gasteiger charge is -2.06. The summed E-state index contributed by atoms with van der Waals surface area (Å²) in [5.41, 5.74) is 1.07. The molecule has 0 aliphatic rings. The predicted octanol–water partition coefficient (Wildman–Crippen LogP) is 2.81. The van der Waals surface area contributed by atoms with Gasteiger partial charge in [-0.15, -0.1) is 0 Å². The van der Waals surface area contributed by atoms with Crippen molar-refractivity contribution in [2.24, 2.45) is 0 Å². The van der Waals surface area contributed by atoms with E-state index in [1.165, 1.54) is 6.07 Å². The van der Waals surface area contributed by atoms with Gasteiger partial charge in [-0.25, -0.2) is 9.37 Å². The van der Waals surface area contributed by atoms with E-state index in [4.69, 9.17) is 9.84 Å². The molecule has 17 heavy (non-hydrogen) atoms. The van der Waals surface area contributed by atoms with E-state index in [0.29, 0.717) is 22.9 Å². The van der Waals surface area contributed by atoms with Crippen LogP contribution >= 0.6 is 0 Å². The van der Waals surface area contributed by atoms with Crippen LogP contribution in [0.15, 0.2) is 36.4 Å². The number of hydrogen-bond acceptors (Lipinski definition) is 3. The van der Waals surface area contributed by atoms with Crippen molar-refractivity contribution in [2.75, 3.05) is 0 Å². The number of benzene rings is 1. The van der Waals surface area contributed by atoms with Crippen molar-refractivity contribution in [1.82, 2.24) is 4.98 Å². The van der Waals surface area contributed by atoms with Crippen LogP contribution in [0.5, 0.6) is 11.6 Å². The molecule has 0 atom stereocenters. The molecule has 0 fully saturated rings. The minimum absolute atomic E-state index is 0.153. The molecular weight excluding hydrogens is 221 g/mol. The fourth-order valence-corrected chi connectivity index (χ4v) is 1.36. The van der Waals surface area contributed by atoms with Crippen molar-refractivity contribution in [3.05, 3.63) is 53.5 Å². The molecule has 1 aromatic heterocycles. The molecule has 0 aliphatic heterocycles. The highest BCUT2D eigenvalue weighted by Crippen LogP contribution is 2.21. The quantitative estimate of drug-likeness (QED) is 0.886. The summed E-state index contributed by atoms with van der Waals surface area (Å²) in [5.74, 6) is 0.399. The molecule has 2 aromatic rings. The molecule has 0 unspecified atom stereocenters. The van der Waals surface area contributed by atoms with Gasteiger partial charge in [0.2, 0.25) is 5.88 Å². The van der Waals surface area contributed by atoms with Crippen LogP contribution < -0.4 is 4.74 Å². The maximum atomic E-state index is 13.3. The van der Waals surface area contributed by atoms with Gasteiger partial charge in [-0.1, -0.05) is 12.1 Å². The van der Waals surface area contributed by atoms with Gasteiger partial charge in [0.25, 0.3) is 0 Å². The zero-order valence-corrected chi connectivity index (χ0v) is 9.35. The minimum Gasteiger partial charge on any atom is -0.439 e. The standard InChI is InChI=1S/C13H12FNO2/c1-9-5-6-11(7-12(9)14)17-13-4-2-3-10(8-16)15-13/h2-7,16H,8H2,1H3. The summed E-state index contributed by atoms with van der Waals surface area (Å²) in [6.45, 7) is 1.53. The van der Waals surface area contributed by atoms with Crippen molar-refractivity contribution in [2.45, 2.75) is 13.5 Å². The Morgan fingerprint density at radius 2 is 2.12 bits per heavy atom. The van der Waals surface area contributed by atoms with Crippen LogP contribution in [-0.4, -0.2) is 10.1 Å². The van der Waals surface area contributed by atoms with Gasteiger partial charge in [0.15, 0.2) is 0 Å². The van der Waals surface area contributed by atoms with E-state index >= 15 is 0 Å². The lowest BCUT2D eigenvalue weighted by molar-refractivity contribution is 0.275. The normalized spacial score (nSPS) is 10.3. The molecule has 1 aromatic carbocycles. The number of pyridine rings is 1. The SMILES string of the molecule is Cc1ccc(Oc2cccc(CO)n2)cc1F. The lowest BCUT2D eigenvalue weighted by Crippen LogP contribution is -1.93. The summed E-state index contributed by atoms with van der Waals surface area (Å²) in [7, 11) is 0. The molecule has 1 heterocycles. The molecule has 0 saturated heterocycles. The Labute approximate surface area is 98.5 Å². The Balaban J connectivity index is 2.22. The van der Waals surface area contributed by atoms with Crippen molar-refractivity contribution in [3.8, 4) is 11.6 Å². The van der Waals surface area contributed by atoms with E-state index in [-0.39, 0.29) is 12.4 Å². The molecule has 1 N–H and O–H groups in total. The van der Waals surface area contributed by atoms with Gasteiger partial charge in [0.1, 0.15) is 11.6 Å². The van der Waals surface area contributed by atoms with Crippen LogP contribution in [0.4, 0.5) is 4.39 Å². The van der Waals surface area contributed by atoms with E-state index in [0.717, 1.165) is 0 Å². The molecule has 0 spiro atoms. The molecule has 0 bridgehead atoms. The van der Waals surface area contributed by atoms with Crippen LogP contribution in [0.2, 0.25) is 0 Å². The van der Waals surface area contributed by atoms with Gasteiger partial charge in [-0.2, -0.15) is 0 Å². The zero-order chi connectivity index (χ0) is 12.3. The first kappa shape index (κ1) is 11.5. The third-order valence-corrected chi connectivity index (χ3v) is 2.31. The number of nitrogens with zero attached hydrogens (tertiary/aromatic N) is 1. The number of aryl methyl sites for hydroxylation is 1. The topological polar surface area (TPSA) is 42.4 Å². The largest absolute Gasteiger partial charge is 0.439 e. The number of rotatable bonds is 3. The summed E-state index contributed by atoms with van der Waals surface area (Å²) >= 11 is 0. The van der Waals surface area contributed by atoms with Crippen LogP contribution in [0.1, 0.15) is 11.3 Å². The van der Waals surface area contributed by atoms with Gasteiger partial charge in [-0.3, -0.25) is 0 Å². The van der Waals surface area contributed by atoms with Gasteiger partial charge >= 0.3 is 0 Å². The van der Waals surface area contributed by atoms with E-state index < -0.39 is 0 Å². The maximum absolute atomic E-state index is 13.3. The number of halogens is 1. The van der Waals surface area contributed by atoms with Crippen LogP contribution in [-0.2, 0) is 6.61 Å². The van der Waals surface area contributed by atoms with Crippen molar-refractivity contribution < 1.29 is 14.2 Å². The number of hydrogen-bond donors (Lipinski definition) is 1. The average molecular weight is 233 g/mol. The number of ether oxygens (including phenoxy) is 1. The van der Waals surface area contributed by atoms with Gasteiger partial charge in [0.05, 0.1) is 12.3 Å². The first-order chi connectivity index (χ1) is 8.19. The second-order valence-corrected chi connectivity index (χ2v) is 3.64. The molecule has 0 radical (unpaired) electrons. The number of aliphatic hydroxyl groups is 1. The minimum atomic E-state index is -0.319. The fraction of sp³-hybridized carbons (Fsp3) is 0.154. The molecule has 3 nitrogen and oxygen atoms in total. The number of aliphatic hydroxyl groups excluding tert-OH is 1. The van der Waals surface area contributed by atoms with E-state index in [1.807, 2.05) is 0 Å². The second kappa shape index (κ2) is 4.93. The van der Waals surface area contributed by atoms with E-state index in [1.54, 1.807) is 37.3 Å². The third kappa shape index (κ3) is 2.79. The Hall–Kier alpha value is -1.94. The van der Waals surface area contributed by atoms with Crippen molar-refractivity contribution >= 4 is 0 Å². The average Bonchev–Trinajstić information content (AvgIpc) is 2.34. The highest BCUT2D eigenvalue weighted by atomic mass is 19.1. The Morgan fingerprint density at radius 1 is 1.29 bits per heavy atom. The Morgan fingerprint density at radius 3 is 2.82 bits per heavy atom. The molecule has 0 amide bonds.